The maximum Gasteiger partial charge on any atom is 0.267 e. The van der Waals surface area contributed by atoms with E-state index in [9.17, 15) is 4.79 Å². The van der Waals surface area contributed by atoms with Gasteiger partial charge in [-0.1, -0.05) is 12.1 Å². The van der Waals surface area contributed by atoms with Crippen LogP contribution in [0.4, 0.5) is 0 Å². The molecule has 2 aromatic heterocycles. The normalized spacial score (nSPS) is 12.7. The first-order valence-corrected chi connectivity index (χ1v) is 5.95. The molecule has 0 spiro atoms. The molecule has 6 nitrogen and oxygen atoms in total. The zero-order chi connectivity index (χ0) is 13.4. The Morgan fingerprint density at radius 3 is 2.79 bits per heavy atom. The summed E-state index contributed by atoms with van der Waals surface area (Å²) in [5.41, 5.74) is 6.42. The highest BCUT2D eigenvalue weighted by Gasteiger charge is 2.15. The number of nitrogens with one attached hydrogen (secondary N) is 1. The van der Waals surface area contributed by atoms with Crippen molar-refractivity contribution in [3.8, 4) is 5.82 Å². The van der Waals surface area contributed by atoms with E-state index in [2.05, 4.69) is 15.2 Å². The number of rotatable bonds is 2. The van der Waals surface area contributed by atoms with E-state index < -0.39 is 0 Å². The Bertz CT molecular complexity index is 773. The van der Waals surface area contributed by atoms with Gasteiger partial charge >= 0.3 is 0 Å². The molecule has 1 aromatic carbocycles. The third-order valence-corrected chi connectivity index (χ3v) is 2.94. The van der Waals surface area contributed by atoms with Gasteiger partial charge in [-0.3, -0.25) is 9.89 Å². The molecule has 3 aromatic rings. The molecule has 0 saturated heterocycles. The van der Waals surface area contributed by atoms with E-state index in [1.807, 2.05) is 12.1 Å². The Kier molecular flexibility index (Phi) is 2.64. The molecule has 6 heteroatoms. The van der Waals surface area contributed by atoms with Gasteiger partial charge in [0, 0.05) is 6.07 Å². The summed E-state index contributed by atoms with van der Waals surface area (Å²) < 4.78 is 1.47. The van der Waals surface area contributed by atoms with Gasteiger partial charge in [-0.25, -0.2) is 9.55 Å². The summed E-state index contributed by atoms with van der Waals surface area (Å²) in [6, 6.07) is 8.57. The summed E-state index contributed by atoms with van der Waals surface area (Å²) in [4.78, 5) is 17.1. The number of H-pyrrole nitrogens is 1. The van der Waals surface area contributed by atoms with Crippen molar-refractivity contribution in [3.63, 3.8) is 0 Å². The molecular formula is C13H13N5O. The minimum absolute atomic E-state index is 0.151. The van der Waals surface area contributed by atoms with Crippen molar-refractivity contribution >= 4 is 10.9 Å². The molecule has 2 heterocycles. The molecule has 0 bridgehead atoms. The minimum atomic E-state index is -0.361. The second-order valence-electron chi connectivity index (χ2n) is 4.36. The largest absolute Gasteiger partial charge is 0.322 e. The molecule has 0 radical (unpaired) electrons. The van der Waals surface area contributed by atoms with Crippen molar-refractivity contribution < 1.29 is 0 Å². The Labute approximate surface area is 108 Å². The van der Waals surface area contributed by atoms with Crippen LogP contribution < -0.4 is 11.3 Å². The zero-order valence-corrected chi connectivity index (χ0v) is 10.4. The first-order valence-electron chi connectivity index (χ1n) is 5.95. The van der Waals surface area contributed by atoms with Crippen molar-refractivity contribution in [2.45, 2.75) is 13.0 Å². The number of hydrogen-bond acceptors (Lipinski definition) is 4. The summed E-state index contributed by atoms with van der Waals surface area (Å²) in [6.07, 6.45) is 1.59. The van der Waals surface area contributed by atoms with E-state index >= 15 is 0 Å². The Morgan fingerprint density at radius 1 is 1.32 bits per heavy atom. The van der Waals surface area contributed by atoms with Gasteiger partial charge in [-0.05, 0) is 19.1 Å². The molecule has 0 aliphatic carbocycles. The highest BCUT2D eigenvalue weighted by Crippen LogP contribution is 2.14. The van der Waals surface area contributed by atoms with Gasteiger partial charge in [-0.15, -0.1) is 0 Å². The molecule has 0 saturated carbocycles. The molecular weight excluding hydrogens is 242 g/mol. The van der Waals surface area contributed by atoms with E-state index in [1.54, 1.807) is 31.3 Å². The summed E-state index contributed by atoms with van der Waals surface area (Å²) >= 11 is 0. The predicted octanol–water partition coefficient (Wildman–Crippen LogP) is 1.13. The Morgan fingerprint density at radius 2 is 2.11 bits per heavy atom. The van der Waals surface area contributed by atoms with Crippen LogP contribution in [-0.2, 0) is 0 Å². The van der Waals surface area contributed by atoms with Crippen LogP contribution in [0.2, 0.25) is 0 Å². The first kappa shape index (κ1) is 11.6. The lowest BCUT2D eigenvalue weighted by atomic mass is 10.2. The lowest BCUT2D eigenvalue weighted by Crippen LogP contribution is -2.27. The third-order valence-electron chi connectivity index (χ3n) is 2.94. The number of benzene rings is 1. The van der Waals surface area contributed by atoms with Gasteiger partial charge in [0.2, 0.25) is 0 Å². The topological polar surface area (TPSA) is 89.6 Å². The fourth-order valence-electron chi connectivity index (χ4n) is 2.06. The summed E-state index contributed by atoms with van der Waals surface area (Å²) in [6.45, 7) is 1.80. The highest BCUT2D eigenvalue weighted by atomic mass is 16.1. The number of fused-ring (bicyclic) bond motifs is 1. The van der Waals surface area contributed by atoms with Crippen molar-refractivity contribution in [1.82, 2.24) is 19.7 Å². The molecule has 0 unspecified atom stereocenters. The maximum atomic E-state index is 12.6. The molecule has 96 valence electrons. The van der Waals surface area contributed by atoms with Crippen LogP contribution in [0.3, 0.4) is 0 Å². The van der Waals surface area contributed by atoms with Crippen molar-refractivity contribution in [1.29, 1.82) is 0 Å². The molecule has 19 heavy (non-hydrogen) atoms. The Hall–Kier alpha value is -2.47. The van der Waals surface area contributed by atoms with Gasteiger partial charge < -0.3 is 5.73 Å². The smallest absolute Gasteiger partial charge is 0.267 e. The average molecular weight is 255 g/mol. The van der Waals surface area contributed by atoms with Crippen LogP contribution in [-0.4, -0.2) is 19.7 Å². The fraction of sp³-hybridized carbons (Fsp3) is 0.154. The van der Waals surface area contributed by atoms with Crippen LogP contribution in [0.5, 0.6) is 0 Å². The quantitative estimate of drug-likeness (QED) is 0.718. The second-order valence-corrected chi connectivity index (χ2v) is 4.36. The molecule has 0 aliphatic heterocycles. The molecule has 0 amide bonds. The van der Waals surface area contributed by atoms with Gasteiger partial charge in [0.25, 0.3) is 5.56 Å². The van der Waals surface area contributed by atoms with E-state index in [0.717, 1.165) is 0 Å². The van der Waals surface area contributed by atoms with Gasteiger partial charge in [0.05, 0.1) is 23.1 Å². The molecule has 3 rings (SSSR count). The van der Waals surface area contributed by atoms with Crippen LogP contribution in [0, 0.1) is 0 Å². The minimum Gasteiger partial charge on any atom is -0.322 e. The van der Waals surface area contributed by atoms with Crippen molar-refractivity contribution in [3.05, 3.63) is 52.7 Å². The average Bonchev–Trinajstić information content (AvgIpc) is 2.92. The lowest BCUT2D eigenvalue weighted by molar-refractivity contribution is 0.688. The molecule has 0 aliphatic rings. The number of nitrogens with zero attached hydrogens (tertiary/aromatic N) is 3. The molecule has 1 atom stereocenters. The van der Waals surface area contributed by atoms with E-state index in [0.29, 0.717) is 22.5 Å². The maximum absolute atomic E-state index is 12.6. The molecule has 3 N–H and O–H groups in total. The highest BCUT2D eigenvalue weighted by molar-refractivity contribution is 5.77. The lowest BCUT2D eigenvalue weighted by Gasteiger charge is -2.14. The monoisotopic (exact) mass is 255 g/mol. The number of aromatic nitrogens is 4. The summed E-state index contributed by atoms with van der Waals surface area (Å²) in [5.74, 6) is 1.07. The summed E-state index contributed by atoms with van der Waals surface area (Å²) in [5, 5.41) is 7.20. The SMILES string of the molecule is C[C@H](N)c1nc2ccccc2c(=O)n1-c1ccn[nH]1. The van der Waals surface area contributed by atoms with Gasteiger partial charge in [0.1, 0.15) is 11.6 Å². The summed E-state index contributed by atoms with van der Waals surface area (Å²) in [7, 11) is 0. The number of para-hydroxylation sites is 1. The van der Waals surface area contributed by atoms with Gasteiger partial charge in [-0.2, -0.15) is 5.10 Å². The van der Waals surface area contributed by atoms with Crippen molar-refractivity contribution in [2.75, 3.05) is 0 Å². The zero-order valence-electron chi connectivity index (χ0n) is 10.4. The standard InChI is InChI=1S/C13H13N5O/c1-8(14)12-16-10-5-3-2-4-9(10)13(19)18(12)11-6-7-15-17-11/h2-8H,14H2,1H3,(H,15,17)/t8-/m0/s1. The number of aromatic amines is 1. The number of nitrogens with two attached hydrogens (primary N) is 1. The van der Waals surface area contributed by atoms with Crippen LogP contribution in [0.1, 0.15) is 18.8 Å². The van der Waals surface area contributed by atoms with Crippen molar-refractivity contribution in [2.24, 2.45) is 5.73 Å². The van der Waals surface area contributed by atoms with E-state index in [-0.39, 0.29) is 11.6 Å². The number of hydrogen-bond donors (Lipinski definition) is 2. The van der Waals surface area contributed by atoms with E-state index in [1.165, 1.54) is 4.57 Å². The fourth-order valence-corrected chi connectivity index (χ4v) is 2.06. The molecule has 0 fully saturated rings. The Balaban J connectivity index is 2.44. The van der Waals surface area contributed by atoms with Crippen LogP contribution >= 0.6 is 0 Å². The van der Waals surface area contributed by atoms with Crippen LogP contribution in [0.15, 0.2) is 41.3 Å². The van der Waals surface area contributed by atoms with Crippen LogP contribution in [0.25, 0.3) is 16.7 Å². The van der Waals surface area contributed by atoms with E-state index in [4.69, 9.17) is 5.73 Å². The third kappa shape index (κ3) is 1.82. The van der Waals surface area contributed by atoms with Gasteiger partial charge in [0.15, 0.2) is 0 Å². The first-order chi connectivity index (χ1) is 9.18. The predicted molar refractivity (Wildman–Crippen MR) is 72.1 cm³/mol. The second kappa shape index (κ2) is 4.33.